The fourth-order valence-electron chi connectivity index (χ4n) is 3.15. The van der Waals surface area contributed by atoms with Crippen molar-refractivity contribution in [3.8, 4) is 11.5 Å². The van der Waals surface area contributed by atoms with Gasteiger partial charge >= 0.3 is 6.03 Å². The minimum absolute atomic E-state index is 0.115. The molecule has 1 aliphatic heterocycles. The summed E-state index contributed by atoms with van der Waals surface area (Å²) in [6, 6.07) is 5.67. The van der Waals surface area contributed by atoms with Crippen LogP contribution < -0.4 is 30.7 Å². The van der Waals surface area contributed by atoms with Crippen molar-refractivity contribution in [3.63, 3.8) is 0 Å². The molecule has 2 aromatic heterocycles. The highest BCUT2D eigenvalue weighted by Crippen LogP contribution is 2.38. The van der Waals surface area contributed by atoms with Crippen LogP contribution in [0.15, 0.2) is 30.5 Å². The average Bonchev–Trinajstić information content (AvgIpc) is 3.29. The Bertz CT molecular complexity index is 1220. The van der Waals surface area contributed by atoms with Crippen molar-refractivity contribution in [1.29, 1.82) is 0 Å². The molecule has 11 heteroatoms. The van der Waals surface area contributed by atoms with Gasteiger partial charge in [-0.2, -0.15) is 9.61 Å². The number of carbonyl (C=O) groups excluding carboxylic acids is 1. The van der Waals surface area contributed by atoms with Gasteiger partial charge in [0.2, 0.25) is 0 Å². The van der Waals surface area contributed by atoms with Gasteiger partial charge in [-0.15, -0.1) is 0 Å². The summed E-state index contributed by atoms with van der Waals surface area (Å²) in [5, 5.41) is 14.8. The third-order valence-corrected chi connectivity index (χ3v) is 4.71. The average molecular weight is 416 g/mol. The zero-order chi connectivity index (χ0) is 23.2. The Labute approximate surface area is 175 Å². The maximum absolute atomic E-state index is 13.1. The number of urea groups is 1. The summed E-state index contributed by atoms with van der Waals surface area (Å²) in [4.78, 5) is 16.7. The van der Waals surface area contributed by atoms with Gasteiger partial charge in [0, 0.05) is 23.6 Å². The van der Waals surface area contributed by atoms with Crippen LogP contribution in [0.3, 0.4) is 0 Å². The van der Waals surface area contributed by atoms with Gasteiger partial charge < -0.3 is 30.7 Å². The second kappa shape index (κ2) is 7.25. The topological polar surface area (TPSA) is 114 Å². The highest BCUT2D eigenvalue weighted by Gasteiger charge is 2.38. The maximum atomic E-state index is 13.1. The molecule has 1 saturated carbocycles. The maximum Gasteiger partial charge on any atom is 0.319 e. The Balaban J connectivity index is 1.49. The lowest BCUT2D eigenvalue weighted by Gasteiger charge is -2.21. The second-order valence-electron chi connectivity index (χ2n) is 6.86. The van der Waals surface area contributed by atoms with Gasteiger partial charge in [0.05, 0.1) is 17.9 Å². The molecule has 2 aliphatic rings. The molecular weight excluding hydrogens is 393 g/mol. The van der Waals surface area contributed by atoms with Crippen LogP contribution in [0.25, 0.3) is 5.65 Å². The Morgan fingerprint density at radius 2 is 2.20 bits per heavy atom. The summed E-state index contributed by atoms with van der Waals surface area (Å²) in [5.74, 6) is 1.46. The van der Waals surface area contributed by atoms with Crippen LogP contribution in [-0.4, -0.2) is 53.0 Å². The summed E-state index contributed by atoms with van der Waals surface area (Å²) in [5.41, 5.74) is 0.963. The normalized spacial score (nSPS) is 21.2. The molecular formula is C19H20FN7O3. The van der Waals surface area contributed by atoms with Crippen molar-refractivity contribution in [2.24, 2.45) is 0 Å². The lowest BCUT2D eigenvalue weighted by molar-refractivity contribution is 0.172. The molecule has 0 saturated heterocycles. The zero-order valence-corrected chi connectivity index (χ0v) is 15.6. The molecule has 10 nitrogen and oxygen atoms in total. The number of amides is 2. The lowest BCUT2D eigenvalue weighted by atomic mass is 10.2. The van der Waals surface area contributed by atoms with E-state index in [0.717, 1.165) is 0 Å². The molecule has 0 spiro atoms. The minimum Gasteiger partial charge on any atom is -0.486 e. The molecule has 2 amide bonds. The second-order valence-corrected chi connectivity index (χ2v) is 6.86. The number of hydrogen-bond acceptors (Lipinski definition) is 7. The largest absolute Gasteiger partial charge is 0.486 e. The number of alkyl halides is 1. The smallest absolute Gasteiger partial charge is 0.319 e. The molecule has 4 N–H and O–H groups in total. The van der Waals surface area contributed by atoms with E-state index < -0.39 is 25.2 Å². The van der Waals surface area contributed by atoms with Crippen LogP contribution in [0.5, 0.6) is 11.5 Å². The van der Waals surface area contributed by atoms with Gasteiger partial charge in [-0.1, -0.05) is 6.07 Å². The van der Waals surface area contributed by atoms with Crippen LogP contribution in [0.2, 0.25) is 0 Å². The third-order valence-electron chi connectivity index (χ3n) is 4.71. The molecule has 1 aliphatic carbocycles. The Morgan fingerprint density at radius 1 is 1.33 bits per heavy atom. The zero-order valence-electron chi connectivity index (χ0n) is 18.6. The Hall–Kier alpha value is -3.76. The number of para-hydroxylation sites is 1. The molecule has 1 fully saturated rings. The van der Waals surface area contributed by atoms with E-state index in [4.69, 9.17) is 13.6 Å². The molecule has 30 heavy (non-hydrogen) atoms. The quantitative estimate of drug-likeness (QED) is 0.505. The number of halogens is 1. The van der Waals surface area contributed by atoms with Gasteiger partial charge in [-0.3, -0.25) is 0 Å². The number of anilines is 4. The fraction of sp³-hybridized carbons (Fsp3) is 0.316. The summed E-state index contributed by atoms with van der Waals surface area (Å²) in [6.07, 6.45) is 0.554. The number of nitrogens with one attached hydrogen (secondary N) is 4. The first-order valence-corrected chi connectivity index (χ1v) is 9.31. The van der Waals surface area contributed by atoms with Gasteiger partial charge in [0.25, 0.3) is 0 Å². The number of rotatable bonds is 5. The molecule has 5 rings (SSSR count). The van der Waals surface area contributed by atoms with E-state index in [0.29, 0.717) is 30.4 Å². The lowest BCUT2D eigenvalue weighted by Crippen LogP contribution is -2.31. The van der Waals surface area contributed by atoms with Crippen LogP contribution in [-0.2, 0) is 0 Å². The van der Waals surface area contributed by atoms with Crippen molar-refractivity contribution in [3.05, 3.63) is 30.5 Å². The van der Waals surface area contributed by atoms with E-state index in [1.807, 2.05) is 0 Å². The molecule has 3 aromatic rings. The molecule has 1 aromatic carbocycles. The standard InChI is InChI=1S/C19H20FN7O3/c1-21-16-8-15(23-11-3-2-4-14-17(11)30-6-5-29-14)26-18-13(9-22-27(16)18)25-19(28)24-12-7-10(12)20/h2-4,8-10,12,21H,5-7H2,1H3,(H,23,26)(H2,24,25,28)/t10-,12+/m0/s1/i1D3. The van der Waals surface area contributed by atoms with Gasteiger partial charge in [0.1, 0.15) is 36.7 Å². The number of benzene rings is 1. The Kier molecular flexibility index (Phi) is 3.65. The van der Waals surface area contributed by atoms with Crippen LogP contribution in [0, 0.1) is 0 Å². The van der Waals surface area contributed by atoms with E-state index in [1.165, 1.54) is 16.8 Å². The first kappa shape index (κ1) is 15.1. The van der Waals surface area contributed by atoms with E-state index in [1.54, 1.807) is 18.2 Å². The SMILES string of the molecule is [2H]C([2H])([2H])Nc1cc(Nc2cccc3c2OCCO3)nc2c(NC(=O)N[C@@H]3C[C@@H]3F)cnn12. The summed E-state index contributed by atoms with van der Waals surface area (Å²) >= 11 is 0. The number of nitrogens with zero attached hydrogens (tertiary/aromatic N) is 3. The van der Waals surface area contributed by atoms with Crippen molar-refractivity contribution < 1.29 is 22.8 Å². The predicted octanol–water partition coefficient (Wildman–Crippen LogP) is 2.52. The molecule has 0 radical (unpaired) electrons. The third kappa shape index (κ3) is 3.38. The summed E-state index contributed by atoms with van der Waals surface area (Å²) in [6.45, 7) is -1.69. The summed E-state index contributed by atoms with van der Waals surface area (Å²) in [7, 11) is 0. The molecule has 3 heterocycles. The van der Waals surface area contributed by atoms with Crippen molar-refractivity contribution in [2.45, 2.75) is 18.6 Å². The molecule has 0 bridgehead atoms. The number of ether oxygens (including phenoxy) is 2. The van der Waals surface area contributed by atoms with Gasteiger partial charge in [0.15, 0.2) is 17.1 Å². The van der Waals surface area contributed by atoms with E-state index >= 15 is 0 Å². The first-order chi connectivity index (χ1) is 15.8. The Morgan fingerprint density at radius 3 is 3.03 bits per heavy atom. The molecule has 156 valence electrons. The molecule has 0 unspecified atom stereocenters. The van der Waals surface area contributed by atoms with E-state index in [2.05, 4.69) is 31.3 Å². The minimum atomic E-state index is -2.51. The van der Waals surface area contributed by atoms with Crippen LogP contribution in [0.1, 0.15) is 10.5 Å². The number of aromatic nitrogens is 3. The van der Waals surface area contributed by atoms with Crippen LogP contribution >= 0.6 is 0 Å². The highest BCUT2D eigenvalue weighted by molar-refractivity contribution is 5.93. The van der Waals surface area contributed by atoms with E-state index in [-0.39, 0.29) is 29.4 Å². The van der Waals surface area contributed by atoms with Crippen molar-refractivity contribution in [2.75, 3.05) is 36.1 Å². The van der Waals surface area contributed by atoms with Crippen LogP contribution in [0.4, 0.5) is 32.2 Å². The summed E-state index contributed by atoms with van der Waals surface area (Å²) < 4.78 is 48.4. The number of fused-ring (bicyclic) bond motifs is 2. The van der Waals surface area contributed by atoms with E-state index in [9.17, 15) is 9.18 Å². The van der Waals surface area contributed by atoms with Crippen molar-refractivity contribution in [1.82, 2.24) is 19.9 Å². The fourth-order valence-corrected chi connectivity index (χ4v) is 3.15. The van der Waals surface area contributed by atoms with Gasteiger partial charge in [-0.05, 0) is 12.1 Å². The number of hydrogen-bond donors (Lipinski definition) is 4. The van der Waals surface area contributed by atoms with Gasteiger partial charge in [-0.25, -0.2) is 14.2 Å². The monoisotopic (exact) mass is 416 g/mol. The predicted molar refractivity (Wildman–Crippen MR) is 109 cm³/mol. The number of carbonyl (C=O) groups is 1. The highest BCUT2D eigenvalue weighted by atomic mass is 19.1. The first-order valence-electron chi connectivity index (χ1n) is 10.8. The van der Waals surface area contributed by atoms with Crippen molar-refractivity contribution >= 4 is 34.7 Å². The molecule has 2 atom stereocenters.